The van der Waals surface area contributed by atoms with Crippen LogP contribution in [-0.4, -0.2) is 7.11 Å². The number of aryl methyl sites for hydroxylation is 1. The van der Waals surface area contributed by atoms with Crippen molar-refractivity contribution in [3.63, 3.8) is 0 Å². The van der Waals surface area contributed by atoms with E-state index in [1.807, 2.05) is 36.4 Å². The van der Waals surface area contributed by atoms with Gasteiger partial charge in [-0.2, -0.15) is 0 Å². The highest BCUT2D eigenvalue weighted by Crippen LogP contribution is 2.26. The molecule has 16 heavy (non-hydrogen) atoms. The van der Waals surface area contributed by atoms with Crippen molar-refractivity contribution >= 4 is 11.6 Å². The van der Waals surface area contributed by atoms with Gasteiger partial charge in [-0.1, -0.05) is 29.8 Å². The van der Waals surface area contributed by atoms with Gasteiger partial charge in [0, 0.05) is 5.02 Å². The molecule has 0 spiro atoms. The number of rotatable bonds is 2. The normalized spacial score (nSPS) is 10.2. The van der Waals surface area contributed by atoms with Crippen LogP contribution in [0.4, 0.5) is 0 Å². The maximum Gasteiger partial charge on any atom is 0.119 e. The van der Waals surface area contributed by atoms with Gasteiger partial charge in [0.25, 0.3) is 0 Å². The van der Waals surface area contributed by atoms with Gasteiger partial charge < -0.3 is 4.74 Å². The SMILES string of the molecule is COc1cc(C)cc(-c2ccc(Cl)cc2)c1. The first-order valence-electron chi connectivity index (χ1n) is 5.10. The molecule has 1 nitrogen and oxygen atoms in total. The molecule has 0 N–H and O–H groups in total. The second-order valence-corrected chi connectivity index (χ2v) is 4.18. The van der Waals surface area contributed by atoms with Crippen LogP contribution in [0, 0.1) is 6.92 Å². The first kappa shape index (κ1) is 11.0. The standard InChI is InChI=1S/C14H13ClO/c1-10-7-12(9-14(8-10)16-2)11-3-5-13(15)6-4-11/h3-9H,1-2H3. The van der Waals surface area contributed by atoms with E-state index < -0.39 is 0 Å². The minimum atomic E-state index is 0.753. The molecule has 82 valence electrons. The third-order valence-electron chi connectivity index (χ3n) is 2.46. The number of methoxy groups -OCH3 is 1. The van der Waals surface area contributed by atoms with Gasteiger partial charge in [0.05, 0.1) is 7.11 Å². The largest absolute Gasteiger partial charge is 0.497 e. The van der Waals surface area contributed by atoms with E-state index in [9.17, 15) is 0 Å². The molecule has 2 heteroatoms. The molecule has 0 aliphatic heterocycles. The summed E-state index contributed by atoms with van der Waals surface area (Å²) in [5.74, 6) is 0.880. The molecule has 0 aromatic heterocycles. The van der Waals surface area contributed by atoms with Crippen LogP contribution in [0.1, 0.15) is 5.56 Å². The van der Waals surface area contributed by atoms with E-state index in [0.29, 0.717) is 0 Å². The monoisotopic (exact) mass is 232 g/mol. The van der Waals surface area contributed by atoms with Crippen molar-refractivity contribution in [2.75, 3.05) is 7.11 Å². The smallest absolute Gasteiger partial charge is 0.119 e. The zero-order chi connectivity index (χ0) is 11.5. The molecule has 0 unspecified atom stereocenters. The Balaban J connectivity index is 2.47. The van der Waals surface area contributed by atoms with Gasteiger partial charge in [-0.15, -0.1) is 0 Å². The Morgan fingerprint density at radius 2 is 1.62 bits per heavy atom. The number of halogens is 1. The number of hydrogen-bond acceptors (Lipinski definition) is 1. The number of benzene rings is 2. The summed E-state index contributed by atoms with van der Waals surface area (Å²) in [7, 11) is 1.68. The molecule has 0 fully saturated rings. The van der Waals surface area contributed by atoms with Gasteiger partial charge in [-0.25, -0.2) is 0 Å². The van der Waals surface area contributed by atoms with Crippen LogP contribution in [-0.2, 0) is 0 Å². The summed E-state index contributed by atoms with van der Waals surface area (Å²) in [4.78, 5) is 0. The third kappa shape index (κ3) is 2.37. The Morgan fingerprint density at radius 3 is 2.25 bits per heavy atom. The van der Waals surface area contributed by atoms with E-state index in [1.54, 1.807) is 7.11 Å². The lowest BCUT2D eigenvalue weighted by atomic mass is 10.0. The van der Waals surface area contributed by atoms with Crippen LogP contribution >= 0.6 is 11.6 Å². The first-order valence-corrected chi connectivity index (χ1v) is 5.48. The second kappa shape index (κ2) is 4.58. The zero-order valence-corrected chi connectivity index (χ0v) is 10.1. The molecule has 0 aliphatic rings. The zero-order valence-electron chi connectivity index (χ0n) is 9.33. The summed E-state index contributed by atoms with van der Waals surface area (Å²) >= 11 is 5.86. The second-order valence-electron chi connectivity index (χ2n) is 3.75. The molecule has 2 rings (SSSR count). The van der Waals surface area contributed by atoms with Gasteiger partial charge >= 0.3 is 0 Å². The predicted molar refractivity (Wildman–Crippen MR) is 68.2 cm³/mol. The summed E-state index contributed by atoms with van der Waals surface area (Å²) in [5, 5.41) is 0.753. The highest BCUT2D eigenvalue weighted by atomic mass is 35.5. The Morgan fingerprint density at radius 1 is 0.938 bits per heavy atom. The van der Waals surface area contributed by atoms with Crippen LogP contribution < -0.4 is 4.74 Å². The lowest BCUT2D eigenvalue weighted by Gasteiger charge is -2.07. The summed E-state index contributed by atoms with van der Waals surface area (Å²) < 4.78 is 5.25. The molecule has 2 aromatic carbocycles. The highest BCUT2D eigenvalue weighted by molar-refractivity contribution is 6.30. The topological polar surface area (TPSA) is 9.23 Å². The van der Waals surface area contributed by atoms with Gasteiger partial charge in [-0.3, -0.25) is 0 Å². The average Bonchev–Trinajstić information content (AvgIpc) is 2.29. The lowest BCUT2D eigenvalue weighted by Crippen LogP contribution is -1.86. The Hall–Kier alpha value is -1.47. The summed E-state index contributed by atoms with van der Waals surface area (Å²) in [5.41, 5.74) is 3.48. The van der Waals surface area contributed by atoms with Crippen LogP contribution in [0.3, 0.4) is 0 Å². The van der Waals surface area contributed by atoms with Crippen molar-refractivity contribution in [1.29, 1.82) is 0 Å². The Bertz CT molecular complexity index is 489. The van der Waals surface area contributed by atoms with Crippen LogP contribution in [0.25, 0.3) is 11.1 Å². The van der Waals surface area contributed by atoms with Crippen LogP contribution in [0.2, 0.25) is 5.02 Å². The Kier molecular flexibility index (Phi) is 3.16. The quantitative estimate of drug-likeness (QED) is 0.749. The summed E-state index contributed by atoms with van der Waals surface area (Å²) in [6, 6.07) is 14.0. The summed E-state index contributed by atoms with van der Waals surface area (Å²) in [6.07, 6.45) is 0. The molecule has 0 amide bonds. The number of ether oxygens (including phenoxy) is 1. The molecule has 0 aliphatic carbocycles. The maximum absolute atomic E-state index is 5.86. The molecule has 0 heterocycles. The van der Waals surface area contributed by atoms with Crippen molar-refractivity contribution in [3.05, 3.63) is 53.1 Å². The van der Waals surface area contributed by atoms with Gasteiger partial charge in [0.2, 0.25) is 0 Å². The van der Waals surface area contributed by atoms with E-state index in [-0.39, 0.29) is 0 Å². The van der Waals surface area contributed by atoms with E-state index >= 15 is 0 Å². The predicted octanol–water partition coefficient (Wildman–Crippen LogP) is 4.32. The molecule has 0 radical (unpaired) electrons. The average molecular weight is 233 g/mol. The van der Waals surface area contributed by atoms with E-state index in [1.165, 1.54) is 5.56 Å². The summed E-state index contributed by atoms with van der Waals surface area (Å²) in [6.45, 7) is 2.06. The van der Waals surface area contributed by atoms with Crippen LogP contribution in [0.15, 0.2) is 42.5 Å². The first-order chi connectivity index (χ1) is 7.69. The van der Waals surface area contributed by atoms with Crippen LogP contribution in [0.5, 0.6) is 5.75 Å². The van der Waals surface area contributed by atoms with Crippen molar-refractivity contribution in [2.45, 2.75) is 6.92 Å². The van der Waals surface area contributed by atoms with Crippen molar-refractivity contribution in [1.82, 2.24) is 0 Å². The van der Waals surface area contributed by atoms with Crippen molar-refractivity contribution in [2.24, 2.45) is 0 Å². The maximum atomic E-state index is 5.86. The Labute approximate surface area is 101 Å². The van der Waals surface area contributed by atoms with Gasteiger partial charge in [0.1, 0.15) is 5.75 Å². The van der Waals surface area contributed by atoms with Crippen molar-refractivity contribution in [3.8, 4) is 16.9 Å². The van der Waals surface area contributed by atoms with Gasteiger partial charge in [0.15, 0.2) is 0 Å². The molecule has 2 aromatic rings. The highest BCUT2D eigenvalue weighted by Gasteiger charge is 2.01. The third-order valence-corrected chi connectivity index (χ3v) is 2.72. The molecule has 0 bridgehead atoms. The minimum absolute atomic E-state index is 0.753. The van der Waals surface area contributed by atoms with Gasteiger partial charge in [-0.05, 0) is 47.9 Å². The van der Waals surface area contributed by atoms with E-state index in [4.69, 9.17) is 16.3 Å². The fourth-order valence-electron chi connectivity index (χ4n) is 1.67. The molecule has 0 saturated carbocycles. The van der Waals surface area contributed by atoms with Crippen molar-refractivity contribution < 1.29 is 4.74 Å². The molecular weight excluding hydrogens is 220 g/mol. The molecule has 0 saturated heterocycles. The minimum Gasteiger partial charge on any atom is -0.497 e. The fraction of sp³-hybridized carbons (Fsp3) is 0.143. The number of hydrogen-bond donors (Lipinski definition) is 0. The van der Waals surface area contributed by atoms with E-state index in [0.717, 1.165) is 21.9 Å². The van der Waals surface area contributed by atoms with E-state index in [2.05, 4.69) is 13.0 Å². The lowest BCUT2D eigenvalue weighted by molar-refractivity contribution is 0.414. The molecule has 0 atom stereocenters. The fourth-order valence-corrected chi connectivity index (χ4v) is 1.80. The molecular formula is C14H13ClO.